The van der Waals surface area contributed by atoms with E-state index in [4.69, 9.17) is 4.52 Å². The summed E-state index contributed by atoms with van der Waals surface area (Å²) in [5.41, 5.74) is 1.91. The van der Waals surface area contributed by atoms with E-state index in [1.165, 1.54) is 12.1 Å². The second-order valence-corrected chi connectivity index (χ2v) is 4.71. The fraction of sp³-hybridized carbons (Fsp3) is 0.357. The highest BCUT2D eigenvalue weighted by Gasteiger charge is 2.16. The normalized spacial score (nSPS) is 16.7. The number of benzene rings is 1. The zero-order valence-electron chi connectivity index (χ0n) is 10.6. The van der Waals surface area contributed by atoms with Crippen molar-refractivity contribution in [3.63, 3.8) is 0 Å². The average Bonchev–Trinajstić information content (AvgIpc) is 2.89. The summed E-state index contributed by atoms with van der Waals surface area (Å²) in [6.45, 7) is 4.88. The van der Waals surface area contributed by atoms with Gasteiger partial charge in [-0.1, -0.05) is 5.16 Å². The van der Waals surface area contributed by atoms with Crippen molar-refractivity contribution < 1.29 is 8.91 Å². The van der Waals surface area contributed by atoms with Crippen LogP contribution in [-0.4, -0.2) is 36.2 Å². The number of nitrogens with one attached hydrogen (secondary N) is 1. The first kappa shape index (κ1) is 12.3. The van der Waals surface area contributed by atoms with Crippen LogP contribution in [0, 0.1) is 5.82 Å². The van der Waals surface area contributed by atoms with E-state index in [-0.39, 0.29) is 5.82 Å². The third kappa shape index (κ3) is 2.83. The molecule has 1 saturated heterocycles. The van der Waals surface area contributed by atoms with Gasteiger partial charge in [0, 0.05) is 43.9 Å². The molecule has 0 spiro atoms. The molecule has 4 nitrogen and oxygen atoms in total. The zero-order valence-corrected chi connectivity index (χ0v) is 10.6. The summed E-state index contributed by atoms with van der Waals surface area (Å²) < 4.78 is 18.3. The molecule has 2 aromatic rings. The van der Waals surface area contributed by atoms with E-state index < -0.39 is 0 Å². The maximum absolute atomic E-state index is 12.9. The van der Waals surface area contributed by atoms with Crippen LogP contribution in [0.2, 0.25) is 0 Å². The van der Waals surface area contributed by atoms with Crippen LogP contribution in [0.1, 0.15) is 5.56 Å². The van der Waals surface area contributed by atoms with E-state index in [1.807, 2.05) is 0 Å². The van der Waals surface area contributed by atoms with Gasteiger partial charge in [-0.15, -0.1) is 0 Å². The fourth-order valence-electron chi connectivity index (χ4n) is 2.32. The summed E-state index contributed by atoms with van der Waals surface area (Å²) in [6.07, 6.45) is 1.75. The molecular formula is C14H16FN3O. The van der Waals surface area contributed by atoms with Gasteiger partial charge in [-0.2, -0.15) is 0 Å². The number of hydrogen-bond acceptors (Lipinski definition) is 4. The predicted molar refractivity (Wildman–Crippen MR) is 70.0 cm³/mol. The number of hydrogen-bond donors (Lipinski definition) is 1. The maximum atomic E-state index is 12.9. The van der Waals surface area contributed by atoms with E-state index in [9.17, 15) is 4.39 Å². The summed E-state index contributed by atoms with van der Waals surface area (Å²) in [7, 11) is 0. The third-order valence-electron chi connectivity index (χ3n) is 3.35. The molecule has 19 heavy (non-hydrogen) atoms. The number of halogens is 1. The molecule has 5 heteroatoms. The van der Waals surface area contributed by atoms with Crippen LogP contribution in [0.4, 0.5) is 4.39 Å². The lowest BCUT2D eigenvalue weighted by atomic mass is 10.1. The standard InChI is InChI=1S/C14H16FN3O/c15-13-3-1-11(2-4-13)14-12(9-17-19-14)10-18-7-5-16-6-8-18/h1-4,9,16H,5-8,10H2. The van der Waals surface area contributed by atoms with Gasteiger partial charge in [0.1, 0.15) is 5.82 Å². The molecule has 1 aromatic carbocycles. The summed E-state index contributed by atoms with van der Waals surface area (Å²) in [5.74, 6) is 0.491. The molecule has 1 N–H and O–H groups in total. The van der Waals surface area contributed by atoms with Crippen molar-refractivity contribution in [2.75, 3.05) is 26.2 Å². The number of aromatic nitrogens is 1. The monoisotopic (exact) mass is 261 g/mol. The van der Waals surface area contributed by atoms with Gasteiger partial charge >= 0.3 is 0 Å². The summed E-state index contributed by atoms with van der Waals surface area (Å²) in [4.78, 5) is 2.36. The molecule has 1 aliphatic heterocycles. The Kier molecular flexibility index (Phi) is 3.57. The Bertz CT molecular complexity index is 532. The Morgan fingerprint density at radius 1 is 1.21 bits per heavy atom. The smallest absolute Gasteiger partial charge is 0.171 e. The van der Waals surface area contributed by atoms with Crippen LogP contribution in [0.15, 0.2) is 35.0 Å². The van der Waals surface area contributed by atoms with Crippen molar-refractivity contribution in [2.24, 2.45) is 0 Å². The minimum atomic E-state index is -0.244. The molecular weight excluding hydrogens is 245 g/mol. The second-order valence-electron chi connectivity index (χ2n) is 4.71. The van der Waals surface area contributed by atoms with Gasteiger partial charge in [-0.25, -0.2) is 4.39 Å². The molecule has 1 aromatic heterocycles. The SMILES string of the molecule is Fc1ccc(-c2oncc2CN2CCNCC2)cc1. The summed E-state index contributed by atoms with van der Waals surface area (Å²) >= 11 is 0. The molecule has 0 amide bonds. The molecule has 0 saturated carbocycles. The first-order valence-corrected chi connectivity index (χ1v) is 6.45. The fourth-order valence-corrected chi connectivity index (χ4v) is 2.32. The molecule has 2 heterocycles. The molecule has 1 fully saturated rings. The van der Waals surface area contributed by atoms with Gasteiger partial charge in [-0.05, 0) is 24.3 Å². The minimum Gasteiger partial charge on any atom is -0.356 e. The molecule has 0 aliphatic carbocycles. The van der Waals surface area contributed by atoms with Crippen LogP contribution in [0.5, 0.6) is 0 Å². The Labute approximate surface area is 111 Å². The number of piperazine rings is 1. The summed E-state index contributed by atoms with van der Waals surface area (Å²) in [5, 5.41) is 7.20. The maximum Gasteiger partial charge on any atom is 0.171 e. The highest BCUT2D eigenvalue weighted by atomic mass is 19.1. The van der Waals surface area contributed by atoms with Crippen LogP contribution in [-0.2, 0) is 6.54 Å². The molecule has 100 valence electrons. The predicted octanol–water partition coefficient (Wildman–Crippen LogP) is 1.89. The molecule has 0 atom stereocenters. The first-order valence-electron chi connectivity index (χ1n) is 6.45. The molecule has 0 bridgehead atoms. The van der Waals surface area contributed by atoms with Gasteiger partial charge in [-0.3, -0.25) is 4.90 Å². The summed E-state index contributed by atoms with van der Waals surface area (Å²) in [6, 6.07) is 6.31. The lowest BCUT2D eigenvalue weighted by Gasteiger charge is -2.26. The third-order valence-corrected chi connectivity index (χ3v) is 3.35. The lowest BCUT2D eigenvalue weighted by molar-refractivity contribution is 0.233. The Hall–Kier alpha value is -1.72. The van der Waals surface area contributed by atoms with Gasteiger partial charge in [0.2, 0.25) is 0 Å². The molecule has 1 aliphatic rings. The van der Waals surface area contributed by atoms with Gasteiger partial charge in [0.15, 0.2) is 5.76 Å². The van der Waals surface area contributed by atoms with Crippen molar-refractivity contribution >= 4 is 0 Å². The van der Waals surface area contributed by atoms with Crippen LogP contribution in [0.25, 0.3) is 11.3 Å². The van der Waals surface area contributed by atoms with Crippen LogP contribution >= 0.6 is 0 Å². The second kappa shape index (κ2) is 5.50. The van der Waals surface area contributed by atoms with Crippen LogP contribution in [0.3, 0.4) is 0 Å². The highest BCUT2D eigenvalue weighted by Crippen LogP contribution is 2.24. The van der Waals surface area contributed by atoms with Crippen LogP contribution < -0.4 is 5.32 Å². The zero-order chi connectivity index (χ0) is 13.1. The highest BCUT2D eigenvalue weighted by molar-refractivity contribution is 5.60. The Balaban J connectivity index is 1.79. The van der Waals surface area contributed by atoms with Crippen molar-refractivity contribution in [3.05, 3.63) is 41.8 Å². The topological polar surface area (TPSA) is 41.3 Å². The van der Waals surface area contributed by atoms with E-state index in [2.05, 4.69) is 15.4 Å². The van der Waals surface area contributed by atoms with Crippen molar-refractivity contribution in [2.45, 2.75) is 6.54 Å². The van der Waals surface area contributed by atoms with Crippen molar-refractivity contribution in [1.82, 2.24) is 15.4 Å². The Morgan fingerprint density at radius 2 is 1.95 bits per heavy atom. The van der Waals surface area contributed by atoms with Gasteiger partial charge in [0.25, 0.3) is 0 Å². The average molecular weight is 261 g/mol. The van der Waals surface area contributed by atoms with Gasteiger partial charge < -0.3 is 9.84 Å². The van der Waals surface area contributed by atoms with Crippen molar-refractivity contribution in [3.8, 4) is 11.3 Å². The Morgan fingerprint density at radius 3 is 2.68 bits per heavy atom. The quantitative estimate of drug-likeness (QED) is 0.916. The minimum absolute atomic E-state index is 0.244. The largest absolute Gasteiger partial charge is 0.356 e. The number of rotatable bonds is 3. The first-order chi connectivity index (χ1) is 9.33. The van der Waals surface area contributed by atoms with Crippen molar-refractivity contribution in [1.29, 1.82) is 0 Å². The number of nitrogens with zero attached hydrogens (tertiary/aromatic N) is 2. The van der Waals surface area contributed by atoms with Gasteiger partial charge in [0.05, 0.1) is 6.20 Å². The lowest BCUT2D eigenvalue weighted by Crippen LogP contribution is -2.42. The molecule has 0 unspecified atom stereocenters. The molecule has 3 rings (SSSR count). The van der Waals surface area contributed by atoms with E-state index in [1.54, 1.807) is 18.3 Å². The van der Waals surface area contributed by atoms with E-state index in [0.717, 1.165) is 49.6 Å². The van der Waals surface area contributed by atoms with E-state index >= 15 is 0 Å². The van der Waals surface area contributed by atoms with E-state index in [0.29, 0.717) is 0 Å². The molecule has 0 radical (unpaired) electrons.